The van der Waals surface area contributed by atoms with Crippen molar-refractivity contribution in [2.45, 2.75) is 18.6 Å². The van der Waals surface area contributed by atoms with Crippen LogP contribution in [0.3, 0.4) is 0 Å². The average molecular weight is 408 g/mol. The molecule has 1 saturated heterocycles. The number of hydrogen-bond donors (Lipinski definition) is 0. The zero-order chi connectivity index (χ0) is 20.1. The van der Waals surface area contributed by atoms with Crippen molar-refractivity contribution in [2.75, 3.05) is 26.0 Å². The van der Waals surface area contributed by atoms with E-state index in [1.165, 1.54) is 0 Å². The molecule has 0 aliphatic carbocycles. The average Bonchev–Trinajstić information content (AvgIpc) is 3.45. The number of amides is 1. The number of carbonyl (C=O) groups is 1. The fourth-order valence-electron chi connectivity index (χ4n) is 3.53. The number of carbonyl (C=O) groups excluding carboxylic acids is 1. The number of likely N-dealkylation sites (tertiary alicyclic amines) is 1. The molecule has 4 rings (SSSR count). The van der Waals surface area contributed by atoms with Crippen LogP contribution in [0.1, 0.15) is 18.4 Å². The molecule has 150 valence electrons. The Bertz CT molecular complexity index is 948. The van der Waals surface area contributed by atoms with Gasteiger partial charge in [-0.2, -0.15) is 5.10 Å². The normalized spacial score (nSPS) is 13.6. The van der Waals surface area contributed by atoms with Gasteiger partial charge in [0.1, 0.15) is 5.75 Å². The third-order valence-corrected chi connectivity index (χ3v) is 6.08. The zero-order valence-electron chi connectivity index (χ0n) is 16.6. The summed E-state index contributed by atoms with van der Waals surface area (Å²) in [6.07, 6.45) is 4.33. The number of ether oxygens (including phenoxy) is 1. The van der Waals surface area contributed by atoms with Crippen LogP contribution >= 0.6 is 11.8 Å². The molecule has 1 aliphatic rings. The molecule has 1 fully saturated rings. The molecule has 0 atom stereocenters. The number of methoxy groups -OCH3 is 1. The molecule has 2 heterocycles. The Balaban J connectivity index is 1.55. The minimum absolute atomic E-state index is 0.244. The molecule has 5 nitrogen and oxygen atoms in total. The molecule has 0 saturated carbocycles. The van der Waals surface area contributed by atoms with E-state index < -0.39 is 0 Å². The Labute approximate surface area is 175 Å². The Morgan fingerprint density at radius 2 is 1.79 bits per heavy atom. The smallest absolute Gasteiger partial charge is 0.232 e. The summed E-state index contributed by atoms with van der Waals surface area (Å²) < 4.78 is 7.19. The predicted molar refractivity (Wildman–Crippen MR) is 118 cm³/mol. The first-order valence-corrected chi connectivity index (χ1v) is 11.0. The van der Waals surface area contributed by atoms with Gasteiger partial charge in [0.05, 0.1) is 24.2 Å². The van der Waals surface area contributed by atoms with Gasteiger partial charge in [0, 0.05) is 36.2 Å². The lowest BCUT2D eigenvalue weighted by atomic mass is 10.1. The number of benzene rings is 2. The van der Waals surface area contributed by atoms with Crippen molar-refractivity contribution in [3.8, 4) is 22.7 Å². The van der Waals surface area contributed by atoms with E-state index in [9.17, 15) is 4.79 Å². The summed E-state index contributed by atoms with van der Waals surface area (Å²) in [5.74, 6) is 2.32. The van der Waals surface area contributed by atoms with Crippen LogP contribution in [0.4, 0.5) is 0 Å². The molecule has 1 aliphatic heterocycles. The first-order chi connectivity index (χ1) is 14.2. The van der Waals surface area contributed by atoms with Crippen molar-refractivity contribution in [3.05, 3.63) is 66.4 Å². The van der Waals surface area contributed by atoms with Crippen LogP contribution in [-0.2, 0) is 10.5 Å². The second-order valence-electron chi connectivity index (χ2n) is 7.09. The van der Waals surface area contributed by atoms with Gasteiger partial charge in [0.15, 0.2) is 0 Å². The van der Waals surface area contributed by atoms with Crippen molar-refractivity contribution in [3.63, 3.8) is 0 Å². The molecule has 0 spiro atoms. The maximum atomic E-state index is 12.4. The first kappa shape index (κ1) is 19.6. The van der Waals surface area contributed by atoms with E-state index in [4.69, 9.17) is 9.84 Å². The number of nitrogens with zero attached hydrogens (tertiary/aromatic N) is 3. The van der Waals surface area contributed by atoms with Gasteiger partial charge in [0.25, 0.3) is 0 Å². The van der Waals surface area contributed by atoms with Gasteiger partial charge in [-0.1, -0.05) is 18.2 Å². The van der Waals surface area contributed by atoms with E-state index in [0.29, 0.717) is 5.75 Å². The van der Waals surface area contributed by atoms with E-state index >= 15 is 0 Å². The van der Waals surface area contributed by atoms with Crippen LogP contribution in [0.2, 0.25) is 0 Å². The molecule has 6 heteroatoms. The van der Waals surface area contributed by atoms with Gasteiger partial charge < -0.3 is 9.64 Å². The molecule has 0 radical (unpaired) electrons. The number of rotatable bonds is 7. The van der Waals surface area contributed by atoms with Gasteiger partial charge in [-0.05, 0) is 49.2 Å². The fraction of sp³-hybridized carbons (Fsp3) is 0.304. The quantitative estimate of drug-likeness (QED) is 0.582. The molecule has 29 heavy (non-hydrogen) atoms. The molecule has 0 bridgehead atoms. The summed E-state index contributed by atoms with van der Waals surface area (Å²) in [4.78, 5) is 14.3. The second-order valence-corrected chi connectivity index (χ2v) is 8.08. The Morgan fingerprint density at radius 1 is 1.07 bits per heavy atom. The summed E-state index contributed by atoms with van der Waals surface area (Å²) >= 11 is 1.66. The van der Waals surface area contributed by atoms with Crippen molar-refractivity contribution in [2.24, 2.45) is 0 Å². The summed E-state index contributed by atoms with van der Waals surface area (Å²) in [7, 11) is 1.67. The van der Waals surface area contributed by atoms with E-state index in [2.05, 4.69) is 6.20 Å². The Morgan fingerprint density at radius 3 is 2.48 bits per heavy atom. The van der Waals surface area contributed by atoms with Crippen molar-refractivity contribution in [1.29, 1.82) is 0 Å². The van der Waals surface area contributed by atoms with Crippen LogP contribution < -0.4 is 4.74 Å². The molecule has 2 aromatic carbocycles. The summed E-state index contributed by atoms with van der Waals surface area (Å²) in [5, 5.41) is 4.85. The zero-order valence-corrected chi connectivity index (χ0v) is 17.4. The van der Waals surface area contributed by atoms with Gasteiger partial charge in [-0.15, -0.1) is 11.8 Å². The highest BCUT2D eigenvalue weighted by atomic mass is 32.2. The first-order valence-electron chi connectivity index (χ1n) is 9.88. The SMILES string of the molecule is COc1ccc(-c2nn(-c3ccccc3)cc2CSCC(=O)N2CCCC2)cc1. The standard InChI is InChI=1S/C23H25N3O2S/c1-28-21-11-9-18(10-12-21)23-19(15-26(24-23)20-7-3-2-4-8-20)16-29-17-22(27)25-13-5-6-14-25/h2-4,7-12,15H,5-6,13-14,16-17H2,1H3. The molecule has 0 unspecified atom stereocenters. The van der Waals surface area contributed by atoms with Crippen LogP contribution in [0.15, 0.2) is 60.8 Å². The van der Waals surface area contributed by atoms with E-state index in [0.717, 1.165) is 59.9 Å². The van der Waals surface area contributed by atoms with Crippen molar-refractivity contribution in [1.82, 2.24) is 14.7 Å². The van der Waals surface area contributed by atoms with E-state index in [1.807, 2.05) is 64.2 Å². The fourth-order valence-corrected chi connectivity index (χ4v) is 4.42. The predicted octanol–water partition coefficient (Wildman–Crippen LogP) is 4.40. The topological polar surface area (TPSA) is 47.4 Å². The maximum absolute atomic E-state index is 12.4. The lowest BCUT2D eigenvalue weighted by Gasteiger charge is -2.14. The van der Waals surface area contributed by atoms with Gasteiger partial charge in [-0.3, -0.25) is 4.79 Å². The molecule has 1 aromatic heterocycles. The van der Waals surface area contributed by atoms with Gasteiger partial charge in [0.2, 0.25) is 5.91 Å². The van der Waals surface area contributed by atoms with E-state index in [-0.39, 0.29) is 5.91 Å². The maximum Gasteiger partial charge on any atom is 0.232 e. The number of hydrogen-bond acceptors (Lipinski definition) is 4. The molecular weight excluding hydrogens is 382 g/mol. The minimum atomic E-state index is 0.244. The van der Waals surface area contributed by atoms with Crippen molar-refractivity contribution < 1.29 is 9.53 Å². The van der Waals surface area contributed by atoms with Gasteiger partial charge >= 0.3 is 0 Å². The van der Waals surface area contributed by atoms with E-state index in [1.54, 1.807) is 18.9 Å². The second kappa shape index (κ2) is 9.18. The highest BCUT2D eigenvalue weighted by Gasteiger charge is 2.18. The molecule has 0 N–H and O–H groups in total. The third-order valence-electron chi connectivity index (χ3n) is 5.12. The number of aromatic nitrogens is 2. The largest absolute Gasteiger partial charge is 0.497 e. The lowest BCUT2D eigenvalue weighted by Crippen LogP contribution is -2.29. The highest BCUT2D eigenvalue weighted by Crippen LogP contribution is 2.28. The van der Waals surface area contributed by atoms with Crippen LogP contribution in [0.5, 0.6) is 5.75 Å². The highest BCUT2D eigenvalue weighted by molar-refractivity contribution is 7.99. The van der Waals surface area contributed by atoms with Crippen LogP contribution in [0.25, 0.3) is 16.9 Å². The summed E-state index contributed by atoms with van der Waals surface area (Å²) in [5.41, 5.74) is 4.13. The molecular formula is C23H25N3O2S. The number of para-hydroxylation sites is 1. The summed E-state index contributed by atoms with van der Waals surface area (Å²) in [6.45, 7) is 1.81. The monoisotopic (exact) mass is 407 g/mol. The number of thioether (sulfide) groups is 1. The molecule has 3 aromatic rings. The molecule has 1 amide bonds. The summed E-state index contributed by atoms with van der Waals surface area (Å²) in [6, 6.07) is 18.0. The van der Waals surface area contributed by atoms with Gasteiger partial charge in [-0.25, -0.2) is 4.68 Å². The lowest BCUT2D eigenvalue weighted by molar-refractivity contribution is -0.127. The van der Waals surface area contributed by atoms with Crippen LogP contribution in [0, 0.1) is 0 Å². The Kier molecular flexibility index (Phi) is 6.20. The van der Waals surface area contributed by atoms with Crippen molar-refractivity contribution >= 4 is 17.7 Å². The van der Waals surface area contributed by atoms with Crippen LogP contribution in [-0.4, -0.2) is 46.5 Å². The Hall–Kier alpha value is -2.73. The minimum Gasteiger partial charge on any atom is -0.497 e. The third kappa shape index (κ3) is 4.65.